The number of anilines is 2. The van der Waals surface area contributed by atoms with Crippen molar-refractivity contribution >= 4 is 34.5 Å². The van der Waals surface area contributed by atoms with E-state index in [2.05, 4.69) is 10.6 Å². The van der Waals surface area contributed by atoms with Gasteiger partial charge < -0.3 is 15.4 Å². The molecule has 0 radical (unpaired) electrons. The minimum atomic E-state index is -4.44. The highest BCUT2D eigenvalue weighted by atomic mass is 19.4. The number of benzene rings is 3. The third kappa shape index (κ3) is 4.07. The molecule has 1 amide bonds. The molecule has 0 saturated carbocycles. The summed E-state index contributed by atoms with van der Waals surface area (Å²) in [6.07, 6.45) is -4.44. The Morgan fingerprint density at radius 2 is 1.62 bits per heavy atom. The van der Waals surface area contributed by atoms with Crippen molar-refractivity contribution in [3.63, 3.8) is 0 Å². The number of fused-ring (bicyclic) bond motifs is 1. The fourth-order valence-corrected chi connectivity index (χ4v) is 3.44. The van der Waals surface area contributed by atoms with Gasteiger partial charge in [-0.15, -0.1) is 0 Å². The number of alkyl halides is 3. The van der Waals surface area contributed by atoms with E-state index in [1.807, 2.05) is 6.07 Å². The number of ether oxygens (including phenoxy) is 1. The summed E-state index contributed by atoms with van der Waals surface area (Å²) in [4.78, 5) is 24.7. The van der Waals surface area contributed by atoms with Crippen LogP contribution >= 0.6 is 0 Å². The molecular formula is C24H17F3N2O3. The number of esters is 1. The van der Waals surface area contributed by atoms with Gasteiger partial charge >= 0.3 is 12.1 Å². The zero-order valence-corrected chi connectivity index (χ0v) is 16.8. The summed E-state index contributed by atoms with van der Waals surface area (Å²) in [5.74, 6) is -0.939. The van der Waals surface area contributed by atoms with Gasteiger partial charge in [0.05, 0.1) is 35.2 Å². The lowest BCUT2D eigenvalue weighted by molar-refractivity contribution is -0.137. The maximum Gasteiger partial charge on any atom is 0.416 e. The Morgan fingerprint density at radius 1 is 0.938 bits per heavy atom. The number of halogens is 3. The average Bonchev–Trinajstić information content (AvgIpc) is 3.12. The predicted molar refractivity (Wildman–Crippen MR) is 115 cm³/mol. The fourth-order valence-electron chi connectivity index (χ4n) is 3.44. The second-order valence-electron chi connectivity index (χ2n) is 7.02. The Labute approximate surface area is 181 Å². The smallest absolute Gasteiger partial charge is 0.416 e. The summed E-state index contributed by atoms with van der Waals surface area (Å²) < 4.78 is 43.4. The van der Waals surface area contributed by atoms with E-state index in [0.717, 1.165) is 12.1 Å². The van der Waals surface area contributed by atoms with E-state index in [4.69, 9.17) is 4.74 Å². The lowest BCUT2D eigenvalue weighted by atomic mass is 9.99. The van der Waals surface area contributed by atoms with Crippen molar-refractivity contribution in [1.29, 1.82) is 0 Å². The number of hydrogen-bond donors (Lipinski definition) is 2. The van der Waals surface area contributed by atoms with Gasteiger partial charge in [-0.3, -0.25) is 4.79 Å². The molecule has 0 aliphatic carbocycles. The summed E-state index contributed by atoms with van der Waals surface area (Å²) in [5, 5.41) is 5.83. The number of rotatable bonds is 4. The fraction of sp³-hybridized carbons (Fsp3) is 0.0833. The highest BCUT2D eigenvalue weighted by molar-refractivity contribution is 6.37. The topological polar surface area (TPSA) is 67.4 Å². The van der Waals surface area contributed by atoms with Crippen LogP contribution in [-0.2, 0) is 15.7 Å². The molecule has 3 aromatic carbocycles. The molecule has 0 fully saturated rings. The van der Waals surface area contributed by atoms with E-state index < -0.39 is 23.6 Å². The molecule has 1 aliphatic heterocycles. The van der Waals surface area contributed by atoms with Crippen molar-refractivity contribution in [1.82, 2.24) is 0 Å². The molecule has 0 atom stereocenters. The molecule has 4 rings (SSSR count). The summed E-state index contributed by atoms with van der Waals surface area (Å²) in [7, 11) is 1.26. The molecule has 0 spiro atoms. The zero-order chi connectivity index (χ0) is 22.9. The zero-order valence-electron chi connectivity index (χ0n) is 16.8. The van der Waals surface area contributed by atoms with E-state index in [1.165, 1.54) is 25.3 Å². The maximum atomic E-state index is 12.9. The molecule has 162 valence electrons. The molecule has 0 saturated heterocycles. The molecule has 0 unspecified atom stereocenters. The van der Waals surface area contributed by atoms with E-state index in [0.29, 0.717) is 33.8 Å². The molecule has 3 aromatic rings. The normalized spacial score (nSPS) is 14.4. The molecule has 1 heterocycles. The van der Waals surface area contributed by atoms with Gasteiger partial charge in [0.15, 0.2) is 0 Å². The number of carbonyl (C=O) groups excluding carboxylic acids is 2. The first-order valence-electron chi connectivity index (χ1n) is 9.56. The van der Waals surface area contributed by atoms with Gasteiger partial charge in [-0.1, -0.05) is 36.4 Å². The average molecular weight is 438 g/mol. The summed E-state index contributed by atoms with van der Waals surface area (Å²) in [5.41, 5.74) is 2.30. The van der Waals surface area contributed by atoms with Gasteiger partial charge in [-0.05, 0) is 42.0 Å². The quantitative estimate of drug-likeness (QED) is 0.421. The second kappa shape index (κ2) is 8.22. The lowest BCUT2D eigenvalue weighted by Gasteiger charge is -2.15. The van der Waals surface area contributed by atoms with Crippen LogP contribution in [0.15, 0.2) is 72.8 Å². The first kappa shape index (κ1) is 21.2. The molecule has 0 aromatic heterocycles. The molecule has 5 nitrogen and oxygen atoms in total. The molecule has 32 heavy (non-hydrogen) atoms. The molecule has 1 aliphatic rings. The van der Waals surface area contributed by atoms with Gasteiger partial charge in [-0.25, -0.2) is 4.79 Å². The first-order chi connectivity index (χ1) is 15.3. The number of carbonyl (C=O) groups is 2. The minimum Gasteiger partial charge on any atom is -0.465 e. The highest BCUT2D eigenvalue weighted by Crippen LogP contribution is 2.38. The summed E-state index contributed by atoms with van der Waals surface area (Å²) in [6, 6.07) is 18.2. The van der Waals surface area contributed by atoms with Crippen LogP contribution in [0.4, 0.5) is 24.5 Å². The number of amides is 1. The molecule has 8 heteroatoms. The summed E-state index contributed by atoms with van der Waals surface area (Å²) in [6.45, 7) is 0. The molecular weight excluding hydrogens is 421 g/mol. The number of methoxy groups -OCH3 is 1. The van der Waals surface area contributed by atoms with Crippen LogP contribution in [0.5, 0.6) is 0 Å². The van der Waals surface area contributed by atoms with Crippen molar-refractivity contribution in [3.05, 3.63) is 95.1 Å². The first-order valence-corrected chi connectivity index (χ1v) is 9.56. The van der Waals surface area contributed by atoms with Gasteiger partial charge in [-0.2, -0.15) is 13.2 Å². The van der Waals surface area contributed by atoms with Gasteiger partial charge in [0.2, 0.25) is 0 Å². The van der Waals surface area contributed by atoms with Crippen LogP contribution in [0, 0.1) is 0 Å². The molecule has 0 bridgehead atoms. The van der Waals surface area contributed by atoms with E-state index >= 15 is 0 Å². The predicted octanol–water partition coefficient (Wildman–Crippen LogP) is 5.42. The Kier molecular flexibility index (Phi) is 5.44. The third-order valence-corrected chi connectivity index (χ3v) is 4.98. The van der Waals surface area contributed by atoms with Crippen LogP contribution in [0.2, 0.25) is 0 Å². The Bertz CT molecular complexity index is 1220. The van der Waals surface area contributed by atoms with E-state index in [9.17, 15) is 22.8 Å². The second-order valence-corrected chi connectivity index (χ2v) is 7.02. The van der Waals surface area contributed by atoms with Crippen molar-refractivity contribution in [2.75, 3.05) is 17.7 Å². The Balaban J connectivity index is 1.81. The standard InChI is InChI=1S/C24H17F3N2O3/c1-32-23(31)15-7-12-18-19(13-15)29-22(30)20(18)21(14-5-3-2-4-6-14)28-17-10-8-16(9-11-17)24(25,26)27/h2-13,28H,1H3,(H,29,30). The van der Waals surface area contributed by atoms with Crippen LogP contribution in [0.3, 0.4) is 0 Å². The monoisotopic (exact) mass is 438 g/mol. The highest BCUT2D eigenvalue weighted by Gasteiger charge is 2.31. The van der Waals surface area contributed by atoms with Crippen molar-refractivity contribution in [2.24, 2.45) is 0 Å². The number of nitrogens with one attached hydrogen (secondary N) is 2. The Morgan fingerprint density at radius 3 is 2.25 bits per heavy atom. The van der Waals surface area contributed by atoms with Crippen LogP contribution < -0.4 is 10.6 Å². The lowest BCUT2D eigenvalue weighted by Crippen LogP contribution is -2.10. The largest absolute Gasteiger partial charge is 0.465 e. The number of hydrogen-bond acceptors (Lipinski definition) is 4. The van der Waals surface area contributed by atoms with Crippen molar-refractivity contribution in [2.45, 2.75) is 6.18 Å². The van der Waals surface area contributed by atoms with Crippen LogP contribution in [0.25, 0.3) is 11.3 Å². The van der Waals surface area contributed by atoms with Crippen LogP contribution in [-0.4, -0.2) is 19.0 Å². The Hall–Kier alpha value is -4.07. The van der Waals surface area contributed by atoms with Crippen molar-refractivity contribution < 1.29 is 27.5 Å². The van der Waals surface area contributed by atoms with Gasteiger partial charge in [0, 0.05) is 11.3 Å². The van der Waals surface area contributed by atoms with Crippen LogP contribution in [0.1, 0.15) is 27.0 Å². The minimum absolute atomic E-state index is 0.282. The third-order valence-electron chi connectivity index (χ3n) is 4.98. The van der Waals surface area contributed by atoms with Gasteiger partial charge in [0.25, 0.3) is 5.91 Å². The summed E-state index contributed by atoms with van der Waals surface area (Å²) >= 11 is 0. The SMILES string of the molecule is COC(=O)c1ccc2c(c1)NC(=O)C2=C(Nc1ccc(C(F)(F)F)cc1)c1ccccc1. The molecule has 2 N–H and O–H groups in total. The maximum absolute atomic E-state index is 12.9. The van der Waals surface area contributed by atoms with E-state index in [1.54, 1.807) is 36.4 Å². The van der Waals surface area contributed by atoms with E-state index in [-0.39, 0.29) is 5.56 Å². The van der Waals surface area contributed by atoms with Crippen molar-refractivity contribution in [3.8, 4) is 0 Å². The van der Waals surface area contributed by atoms with Gasteiger partial charge in [0.1, 0.15) is 0 Å².